The Morgan fingerprint density at radius 1 is 1.21 bits per heavy atom. The molecule has 0 spiro atoms. The van der Waals surface area contributed by atoms with Crippen LogP contribution < -0.4 is 0 Å². The van der Waals surface area contributed by atoms with Crippen LogP contribution in [0.1, 0.15) is 25.7 Å². The largest absolute Gasteiger partial charge is 0.393 e. The molecule has 14 heavy (non-hydrogen) atoms. The fraction of sp³-hybridized carbons (Fsp3) is 1.00. The van der Waals surface area contributed by atoms with E-state index in [1.165, 1.54) is 19.3 Å². The highest BCUT2D eigenvalue weighted by Gasteiger charge is 2.71. The summed E-state index contributed by atoms with van der Waals surface area (Å²) in [5, 5.41) is 10.1. The van der Waals surface area contributed by atoms with E-state index in [1.54, 1.807) is 0 Å². The fourth-order valence-electron chi connectivity index (χ4n) is 5.65. The van der Waals surface area contributed by atoms with E-state index in [0.29, 0.717) is 5.92 Å². The summed E-state index contributed by atoms with van der Waals surface area (Å²) in [6.45, 7) is 0. The van der Waals surface area contributed by atoms with Crippen LogP contribution in [-0.4, -0.2) is 23.9 Å². The molecule has 0 saturated heterocycles. The van der Waals surface area contributed by atoms with Gasteiger partial charge in [-0.15, -0.1) is 0 Å². The highest BCUT2D eigenvalue weighted by molar-refractivity contribution is 5.20. The fourth-order valence-corrected chi connectivity index (χ4v) is 5.65. The monoisotopic (exact) mass is 194 g/mol. The normalized spacial score (nSPS) is 68.1. The van der Waals surface area contributed by atoms with Crippen molar-refractivity contribution in [2.24, 2.45) is 29.6 Å². The zero-order valence-electron chi connectivity index (χ0n) is 8.65. The Kier molecular flexibility index (Phi) is 1.27. The summed E-state index contributed by atoms with van der Waals surface area (Å²) in [7, 11) is 1.85. The van der Waals surface area contributed by atoms with Gasteiger partial charge in [-0.3, -0.25) is 0 Å². The minimum atomic E-state index is -0.0591. The molecule has 2 bridgehead atoms. The van der Waals surface area contributed by atoms with E-state index in [0.717, 1.165) is 30.1 Å². The number of ether oxygens (including phenoxy) is 1. The minimum Gasteiger partial charge on any atom is -0.393 e. The summed E-state index contributed by atoms with van der Waals surface area (Å²) in [6, 6.07) is 0. The standard InChI is InChI=1S/C12H18O2/c1-14-12-4-7-2-6-3-9(13)11(12)10(6)8(7)5-12/h6-11,13H,2-5H2,1H3. The van der Waals surface area contributed by atoms with Crippen molar-refractivity contribution < 1.29 is 9.84 Å². The van der Waals surface area contributed by atoms with Gasteiger partial charge in [0.25, 0.3) is 0 Å². The average Bonchev–Trinajstić information content (AvgIpc) is 2.77. The van der Waals surface area contributed by atoms with Gasteiger partial charge in [-0.2, -0.15) is 0 Å². The molecule has 0 radical (unpaired) electrons. The Hall–Kier alpha value is -0.0800. The second kappa shape index (κ2) is 2.19. The number of aliphatic hydroxyl groups excluding tert-OH is 1. The average molecular weight is 194 g/mol. The van der Waals surface area contributed by atoms with Crippen LogP contribution in [0.3, 0.4) is 0 Å². The third-order valence-corrected chi connectivity index (χ3v) is 5.83. The predicted octanol–water partition coefficient (Wildman–Crippen LogP) is 1.43. The van der Waals surface area contributed by atoms with Gasteiger partial charge in [0.15, 0.2) is 0 Å². The maximum Gasteiger partial charge on any atom is 0.0739 e. The van der Waals surface area contributed by atoms with E-state index in [4.69, 9.17) is 4.74 Å². The first-order valence-electron chi connectivity index (χ1n) is 5.98. The van der Waals surface area contributed by atoms with Gasteiger partial charge in [0.1, 0.15) is 0 Å². The molecule has 0 amide bonds. The molecule has 7 unspecified atom stereocenters. The van der Waals surface area contributed by atoms with Crippen molar-refractivity contribution in [1.29, 1.82) is 0 Å². The lowest BCUT2D eigenvalue weighted by Crippen LogP contribution is -2.42. The van der Waals surface area contributed by atoms with Crippen LogP contribution in [0.2, 0.25) is 0 Å². The van der Waals surface area contributed by atoms with Gasteiger partial charge in [0, 0.05) is 13.0 Å². The Bertz CT molecular complexity index is 286. The number of hydrogen-bond donors (Lipinski definition) is 1. The van der Waals surface area contributed by atoms with Crippen LogP contribution >= 0.6 is 0 Å². The SMILES string of the molecule is COC12CC3CC4CC(O)C1C4C3C2. The van der Waals surface area contributed by atoms with Gasteiger partial charge in [-0.1, -0.05) is 0 Å². The van der Waals surface area contributed by atoms with Gasteiger partial charge < -0.3 is 9.84 Å². The Balaban J connectivity index is 1.85. The summed E-state index contributed by atoms with van der Waals surface area (Å²) < 4.78 is 5.81. The molecule has 0 aliphatic heterocycles. The first kappa shape index (κ1) is 8.12. The highest BCUT2D eigenvalue weighted by Crippen LogP contribution is 2.71. The summed E-state index contributed by atoms with van der Waals surface area (Å²) in [6.07, 6.45) is 4.87. The molecule has 4 aliphatic carbocycles. The summed E-state index contributed by atoms with van der Waals surface area (Å²) in [5.41, 5.74) is 0.0880. The lowest BCUT2D eigenvalue weighted by molar-refractivity contribution is -0.0861. The zero-order chi connectivity index (χ0) is 9.50. The van der Waals surface area contributed by atoms with Gasteiger partial charge in [0.2, 0.25) is 0 Å². The van der Waals surface area contributed by atoms with Crippen LogP contribution in [-0.2, 0) is 4.74 Å². The lowest BCUT2D eigenvalue weighted by Gasteiger charge is -2.37. The zero-order valence-corrected chi connectivity index (χ0v) is 8.65. The molecule has 4 fully saturated rings. The van der Waals surface area contributed by atoms with Crippen molar-refractivity contribution in [2.45, 2.75) is 37.4 Å². The Labute approximate surface area is 84.6 Å². The third-order valence-electron chi connectivity index (χ3n) is 5.83. The maximum atomic E-state index is 10.1. The molecule has 7 atom stereocenters. The second-order valence-electron chi connectivity index (χ2n) is 6.00. The molecule has 0 aromatic carbocycles. The molecular formula is C12H18O2. The van der Waals surface area contributed by atoms with Gasteiger partial charge in [0.05, 0.1) is 11.7 Å². The topological polar surface area (TPSA) is 29.5 Å². The lowest BCUT2D eigenvalue weighted by atomic mass is 9.77. The summed E-state index contributed by atoms with van der Waals surface area (Å²) in [5.74, 6) is 3.99. The first-order chi connectivity index (χ1) is 6.75. The van der Waals surface area contributed by atoms with E-state index < -0.39 is 0 Å². The predicted molar refractivity (Wildman–Crippen MR) is 51.7 cm³/mol. The van der Waals surface area contributed by atoms with E-state index >= 15 is 0 Å². The Morgan fingerprint density at radius 2 is 2.07 bits per heavy atom. The van der Waals surface area contributed by atoms with Crippen LogP contribution in [0.15, 0.2) is 0 Å². The van der Waals surface area contributed by atoms with E-state index in [9.17, 15) is 5.11 Å². The summed E-state index contributed by atoms with van der Waals surface area (Å²) in [4.78, 5) is 0. The van der Waals surface area contributed by atoms with Crippen molar-refractivity contribution in [3.8, 4) is 0 Å². The van der Waals surface area contributed by atoms with Crippen molar-refractivity contribution in [3.05, 3.63) is 0 Å². The number of rotatable bonds is 1. The van der Waals surface area contributed by atoms with Gasteiger partial charge in [-0.25, -0.2) is 0 Å². The van der Waals surface area contributed by atoms with Gasteiger partial charge in [-0.05, 0) is 49.4 Å². The smallest absolute Gasteiger partial charge is 0.0739 e. The second-order valence-corrected chi connectivity index (χ2v) is 6.00. The molecular weight excluding hydrogens is 176 g/mol. The Morgan fingerprint density at radius 3 is 2.86 bits per heavy atom. The quantitative estimate of drug-likeness (QED) is 0.684. The van der Waals surface area contributed by atoms with E-state index in [2.05, 4.69) is 0 Å². The van der Waals surface area contributed by atoms with Crippen LogP contribution in [0, 0.1) is 29.6 Å². The molecule has 4 rings (SSSR count). The maximum absolute atomic E-state index is 10.1. The van der Waals surface area contributed by atoms with E-state index in [1.807, 2.05) is 7.11 Å². The summed E-state index contributed by atoms with van der Waals surface area (Å²) >= 11 is 0. The molecule has 1 N–H and O–H groups in total. The third kappa shape index (κ3) is 0.646. The molecule has 4 saturated carbocycles. The van der Waals surface area contributed by atoms with Crippen molar-refractivity contribution in [1.82, 2.24) is 0 Å². The first-order valence-corrected chi connectivity index (χ1v) is 5.98. The highest BCUT2D eigenvalue weighted by atomic mass is 16.5. The molecule has 0 heterocycles. The van der Waals surface area contributed by atoms with Crippen molar-refractivity contribution in [3.63, 3.8) is 0 Å². The molecule has 4 aliphatic rings. The number of methoxy groups -OCH3 is 1. The van der Waals surface area contributed by atoms with Crippen molar-refractivity contribution >= 4 is 0 Å². The van der Waals surface area contributed by atoms with Crippen LogP contribution in [0.25, 0.3) is 0 Å². The number of hydrogen-bond acceptors (Lipinski definition) is 2. The van der Waals surface area contributed by atoms with Crippen molar-refractivity contribution in [2.75, 3.05) is 7.11 Å². The minimum absolute atomic E-state index is 0.0591. The van der Waals surface area contributed by atoms with Crippen LogP contribution in [0.4, 0.5) is 0 Å². The van der Waals surface area contributed by atoms with E-state index in [-0.39, 0.29) is 11.7 Å². The van der Waals surface area contributed by atoms with Crippen LogP contribution in [0.5, 0.6) is 0 Å². The van der Waals surface area contributed by atoms with Gasteiger partial charge >= 0.3 is 0 Å². The molecule has 0 aromatic heterocycles. The molecule has 0 aromatic rings. The molecule has 78 valence electrons. The molecule has 2 heteroatoms. The molecule has 2 nitrogen and oxygen atoms in total. The number of fused-ring (bicyclic) bond motifs is 2. The number of aliphatic hydroxyl groups is 1.